The highest BCUT2D eigenvalue weighted by atomic mass is 16.5. The average molecular weight is 250 g/mol. The summed E-state index contributed by atoms with van der Waals surface area (Å²) in [4.78, 5) is 0. The number of aryl methyl sites for hydroxylation is 1. The summed E-state index contributed by atoms with van der Waals surface area (Å²) in [6.07, 6.45) is 2.27. The topological polar surface area (TPSA) is 67.8 Å². The number of hydrogen-bond acceptors (Lipinski definition) is 3. The van der Waals surface area contributed by atoms with Crippen LogP contribution in [0.2, 0.25) is 0 Å². The SMILES string of the molecule is CCCC(C)COc1c(C)cccc1/C(N)=N/O. The fourth-order valence-electron chi connectivity index (χ4n) is 1.90. The third-order valence-corrected chi connectivity index (χ3v) is 2.89. The van der Waals surface area contributed by atoms with Gasteiger partial charge in [0.1, 0.15) is 5.75 Å². The Morgan fingerprint density at radius 3 is 2.83 bits per heavy atom. The molecule has 4 heteroatoms. The molecule has 0 fully saturated rings. The minimum Gasteiger partial charge on any atom is -0.492 e. The van der Waals surface area contributed by atoms with Gasteiger partial charge < -0.3 is 15.7 Å². The van der Waals surface area contributed by atoms with Crippen molar-refractivity contribution in [3.63, 3.8) is 0 Å². The molecule has 1 rings (SSSR count). The van der Waals surface area contributed by atoms with E-state index >= 15 is 0 Å². The standard InChI is InChI=1S/C14H22N2O2/c1-4-6-10(2)9-18-13-11(3)7-5-8-12(13)14(15)16-17/h5,7-8,10,17H,4,6,9H2,1-3H3,(H2,15,16). The normalized spacial score (nSPS) is 13.4. The molecule has 18 heavy (non-hydrogen) atoms. The summed E-state index contributed by atoms with van der Waals surface area (Å²) in [5, 5.41) is 11.8. The molecule has 0 aliphatic heterocycles. The molecule has 0 radical (unpaired) electrons. The smallest absolute Gasteiger partial charge is 0.173 e. The van der Waals surface area contributed by atoms with Crippen LogP contribution in [0.15, 0.2) is 23.4 Å². The van der Waals surface area contributed by atoms with Gasteiger partial charge in [-0.15, -0.1) is 0 Å². The van der Waals surface area contributed by atoms with Crippen molar-refractivity contribution < 1.29 is 9.94 Å². The van der Waals surface area contributed by atoms with Crippen molar-refractivity contribution in [1.29, 1.82) is 0 Å². The lowest BCUT2D eigenvalue weighted by atomic mass is 10.1. The van der Waals surface area contributed by atoms with Crippen LogP contribution in [0.3, 0.4) is 0 Å². The van der Waals surface area contributed by atoms with Gasteiger partial charge in [-0.05, 0) is 30.9 Å². The molecule has 0 aliphatic carbocycles. The largest absolute Gasteiger partial charge is 0.492 e. The minimum atomic E-state index is 0.0804. The van der Waals surface area contributed by atoms with E-state index in [4.69, 9.17) is 15.7 Å². The molecule has 100 valence electrons. The van der Waals surface area contributed by atoms with Gasteiger partial charge in [0, 0.05) is 0 Å². The zero-order valence-electron chi connectivity index (χ0n) is 11.3. The van der Waals surface area contributed by atoms with Crippen molar-refractivity contribution in [3.05, 3.63) is 29.3 Å². The van der Waals surface area contributed by atoms with Crippen LogP contribution in [0.4, 0.5) is 0 Å². The molecule has 0 saturated heterocycles. The van der Waals surface area contributed by atoms with Gasteiger partial charge in [-0.2, -0.15) is 0 Å². The van der Waals surface area contributed by atoms with Crippen molar-refractivity contribution in [2.75, 3.05) is 6.61 Å². The van der Waals surface area contributed by atoms with Crippen LogP contribution >= 0.6 is 0 Å². The monoisotopic (exact) mass is 250 g/mol. The molecule has 1 aromatic carbocycles. The van der Waals surface area contributed by atoms with Gasteiger partial charge in [-0.3, -0.25) is 0 Å². The van der Waals surface area contributed by atoms with E-state index < -0.39 is 0 Å². The van der Waals surface area contributed by atoms with E-state index in [-0.39, 0.29) is 5.84 Å². The summed E-state index contributed by atoms with van der Waals surface area (Å²) in [6, 6.07) is 5.61. The van der Waals surface area contributed by atoms with Crippen LogP contribution in [0.5, 0.6) is 5.75 Å². The molecule has 3 N–H and O–H groups in total. The predicted octanol–water partition coefficient (Wildman–Crippen LogP) is 2.90. The van der Waals surface area contributed by atoms with E-state index in [1.807, 2.05) is 19.1 Å². The molecule has 0 spiro atoms. The summed E-state index contributed by atoms with van der Waals surface area (Å²) in [6.45, 7) is 6.91. The lowest BCUT2D eigenvalue weighted by Crippen LogP contribution is -2.17. The van der Waals surface area contributed by atoms with E-state index in [1.54, 1.807) is 6.07 Å². The quantitative estimate of drug-likeness (QED) is 0.353. The van der Waals surface area contributed by atoms with Gasteiger partial charge in [0.25, 0.3) is 0 Å². The first-order chi connectivity index (χ1) is 8.60. The number of ether oxygens (including phenoxy) is 1. The Morgan fingerprint density at radius 2 is 2.22 bits per heavy atom. The molecule has 1 atom stereocenters. The summed E-state index contributed by atoms with van der Waals surface area (Å²) < 4.78 is 5.83. The van der Waals surface area contributed by atoms with Crippen LogP contribution in [0.1, 0.15) is 37.8 Å². The summed E-state index contributed by atoms with van der Waals surface area (Å²) in [7, 11) is 0. The zero-order valence-corrected chi connectivity index (χ0v) is 11.3. The second kappa shape index (κ2) is 6.89. The first kappa shape index (κ1) is 14.4. The van der Waals surface area contributed by atoms with Gasteiger partial charge >= 0.3 is 0 Å². The van der Waals surface area contributed by atoms with Gasteiger partial charge in [0.15, 0.2) is 5.84 Å². The lowest BCUT2D eigenvalue weighted by Gasteiger charge is -2.16. The number of oxime groups is 1. The number of para-hydroxylation sites is 1. The molecular weight excluding hydrogens is 228 g/mol. The van der Waals surface area contributed by atoms with E-state index in [9.17, 15) is 0 Å². The van der Waals surface area contributed by atoms with Crippen molar-refractivity contribution >= 4 is 5.84 Å². The molecule has 0 bridgehead atoms. The predicted molar refractivity (Wildman–Crippen MR) is 73.3 cm³/mol. The highest BCUT2D eigenvalue weighted by molar-refractivity contribution is 5.99. The molecule has 0 saturated carbocycles. The van der Waals surface area contributed by atoms with Gasteiger partial charge in [-0.1, -0.05) is 37.6 Å². The Morgan fingerprint density at radius 1 is 1.50 bits per heavy atom. The Labute approximate surface area is 108 Å². The number of amidine groups is 1. The zero-order chi connectivity index (χ0) is 13.5. The van der Waals surface area contributed by atoms with E-state index in [0.29, 0.717) is 23.8 Å². The summed E-state index contributed by atoms with van der Waals surface area (Å²) >= 11 is 0. The van der Waals surface area contributed by atoms with Crippen LogP contribution in [0.25, 0.3) is 0 Å². The molecule has 0 amide bonds. The van der Waals surface area contributed by atoms with Crippen LogP contribution < -0.4 is 10.5 Å². The van der Waals surface area contributed by atoms with Crippen LogP contribution in [-0.4, -0.2) is 17.6 Å². The Balaban J connectivity index is 2.87. The van der Waals surface area contributed by atoms with Gasteiger partial charge in [0.05, 0.1) is 12.2 Å². The Bertz CT molecular complexity index is 416. The third kappa shape index (κ3) is 3.65. The Hall–Kier alpha value is -1.71. The molecule has 1 aromatic rings. The summed E-state index contributed by atoms with van der Waals surface area (Å²) in [5.74, 6) is 1.28. The van der Waals surface area contributed by atoms with Gasteiger partial charge in [-0.25, -0.2) is 0 Å². The van der Waals surface area contributed by atoms with Crippen molar-refractivity contribution in [3.8, 4) is 5.75 Å². The number of nitrogens with zero attached hydrogens (tertiary/aromatic N) is 1. The first-order valence-electron chi connectivity index (χ1n) is 6.30. The lowest BCUT2D eigenvalue weighted by molar-refractivity contribution is 0.249. The van der Waals surface area contributed by atoms with Crippen molar-refractivity contribution in [2.45, 2.75) is 33.6 Å². The maximum Gasteiger partial charge on any atom is 0.173 e. The van der Waals surface area contributed by atoms with Crippen molar-refractivity contribution in [2.24, 2.45) is 16.8 Å². The van der Waals surface area contributed by atoms with Crippen LogP contribution in [-0.2, 0) is 0 Å². The number of benzene rings is 1. The molecule has 0 aliphatic rings. The fourth-order valence-corrected chi connectivity index (χ4v) is 1.90. The molecule has 0 heterocycles. The van der Waals surface area contributed by atoms with E-state index in [2.05, 4.69) is 19.0 Å². The van der Waals surface area contributed by atoms with Crippen molar-refractivity contribution in [1.82, 2.24) is 0 Å². The maximum atomic E-state index is 8.77. The molecule has 1 unspecified atom stereocenters. The minimum absolute atomic E-state index is 0.0804. The van der Waals surface area contributed by atoms with Gasteiger partial charge in [0.2, 0.25) is 0 Å². The molecule has 4 nitrogen and oxygen atoms in total. The second-order valence-corrected chi connectivity index (χ2v) is 4.64. The highest BCUT2D eigenvalue weighted by Crippen LogP contribution is 2.24. The molecule has 0 aromatic heterocycles. The van der Waals surface area contributed by atoms with E-state index in [0.717, 1.165) is 18.4 Å². The number of nitrogens with two attached hydrogens (primary N) is 1. The van der Waals surface area contributed by atoms with Crippen LogP contribution in [0, 0.1) is 12.8 Å². The second-order valence-electron chi connectivity index (χ2n) is 4.64. The maximum absolute atomic E-state index is 8.77. The average Bonchev–Trinajstić information content (AvgIpc) is 2.36. The fraction of sp³-hybridized carbons (Fsp3) is 0.500. The number of rotatable bonds is 6. The third-order valence-electron chi connectivity index (χ3n) is 2.89. The Kier molecular flexibility index (Phi) is 5.49. The summed E-state index contributed by atoms with van der Waals surface area (Å²) in [5.41, 5.74) is 7.28. The van der Waals surface area contributed by atoms with E-state index in [1.165, 1.54) is 0 Å². The first-order valence-corrected chi connectivity index (χ1v) is 6.30. The number of hydrogen-bond donors (Lipinski definition) is 2. The molecular formula is C14H22N2O2. The highest BCUT2D eigenvalue weighted by Gasteiger charge is 2.12.